The minimum atomic E-state index is -0.854. The monoisotopic (exact) mass is 420 g/mol. The highest BCUT2D eigenvalue weighted by Crippen LogP contribution is 2.66. The molecule has 168 valence electrons. The molecule has 5 rings (SSSR count). The van der Waals surface area contributed by atoms with Crippen molar-refractivity contribution in [2.45, 2.75) is 95.2 Å². The summed E-state index contributed by atoms with van der Waals surface area (Å²) in [5, 5.41) is 22.6. The fourth-order valence-corrected chi connectivity index (χ4v) is 8.09. The molecule has 4 fully saturated rings. The summed E-state index contributed by atoms with van der Waals surface area (Å²) in [7, 11) is 0. The van der Waals surface area contributed by atoms with Gasteiger partial charge in [0.15, 0.2) is 5.79 Å². The van der Waals surface area contributed by atoms with Crippen LogP contribution in [0.5, 0.6) is 0 Å². The largest absolute Gasteiger partial charge is 0.456 e. The first-order chi connectivity index (χ1) is 14.2. The standard InChI is InChI=1S/C24H36O6/c1-15(25)24(30-16(2)26)9-7-19-18-5-4-17-14-22(28-12-13-29-22)10-11-23(17,27)20(18)6-8-21(19,24)3/h6,15,17-19,25,27H,4-5,7-14H2,1-3H3/t15?,17?,18?,19?,21?,23-,24-/m0/s1. The second kappa shape index (κ2) is 6.77. The van der Waals surface area contributed by atoms with E-state index in [2.05, 4.69) is 13.0 Å². The Balaban J connectivity index is 1.47. The molecular formula is C24H36O6. The molecule has 0 amide bonds. The molecule has 1 spiro atoms. The number of fused-ring (bicyclic) bond motifs is 5. The van der Waals surface area contributed by atoms with Gasteiger partial charge in [-0.15, -0.1) is 0 Å². The van der Waals surface area contributed by atoms with Gasteiger partial charge in [0.2, 0.25) is 0 Å². The molecule has 4 aliphatic carbocycles. The Kier molecular flexibility index (Phi) is 4.72. The number of esters is 1. The first-order valence-corrected chi connectivity index (χ1v) is 11.7. The summed E-state index contributed by atoms with van der Waals surface area (Å²) in [6.45, 7) is 6.66. The predicted molar refractivity (Wildman–Crippen MR) is 109 cm³/mol. The molecule has 6 heteroatoms. The second-order valence-electron chi connectivity index (χ2n) is 10.7. The Morgan fingerprint density at radius 2 is 1.93 bits per heavy atom. The van der Waals surface area contributed by atoms with E-state index >= 15 is 0 Å². The summed E-state index contributed by atoms with van der Waals surface area (Å²) in [6, 6.07) is 0. The third-order valence-electron chi connectivity index (χ3n) is 9.50. The molecule has 0 aromatic rings. The fraction of sp³-hybridized carbons (Fsp3) is 0.875. The van der Waals surface area contributed by atoms with Crippen LogP contribution in [0.3, 0.4) is 0 Å². The van der Waals surface area contributed by atoms with Gasteiger partial charge >= 0.3 is 5.97 Å². The maximum Gasteiger partial charge on any atom is 0.303 e. The first-order valence-electron chi connectivity index (χ1n) is 11.7. The van der Waals surface area contributed by atoms with Crippen LogP contribution in [0.25, 0.3) is 0 Å². The van der Waals surface area contributed by atoms with Crippen LogP contribution < -0.4 is 0 Å². The summed E-state index contributed by atoms with van der Waals surface area (Å²) in [4.78, 5) is 12.0. The van der Waals surface area contributed by atoms with Crippen molar-refractivity contribution in [2.75, 3.05) is 13.2 Å². The molecule has 5 aliphatic rings. The van der Waals surface area contributed by atoms with Crippen molar-refractivity contribution in [3.05, 3.63) is 11.6 Å². The van der Waals surface area contributed by atoms with E-state index in [4.69, 9.17) is 14.2 Å². The summed E-state index contributed by atoms with van der Waals surface area (Å²) >= 11 is 0. The molecule has 1 heterocycles. The SMILES string of the molecule is CC(=O)O[C@]1(C(C)O)CCC2C3CCC4CC5(CC[C@@]4(O)C3=CCC21C)OCCO5. The summed E-state index contributed by atoms with van der Waals surface area (Å²) in [6.07, 6.45) is 7.95. The van der Waals surface area contributed by atoms with Crippen molar-refractivity contribution in [3.8, 4) is 0 Å². The van der Waals surface area contributed by atoms with Gasteiger partial charge in [-0.05, 0) is 68.8 Å². The third-order valence-corrected chi connectivity index (χ3v) is 9.50. The quantitative estimate of drug-likeness (QED) is 0.527. The van der Waals surface area contributed by atoms with E-state index in [0.29, 0.717) is 32.0 Å². The second-order valence-corrected chi connectivity index (χ2v) is 10.7. The Bertz CT molecular complexity index is 755. The molecule has 0 aromatic carbocycles. The van der Waals surface area contributed by atoms with Crippen LogP contribution in [-0.4, -0.2) is 52.5 Å². The Labute approximate surface area is 179 Å². The van der Waals surface area contributed by atoms with E-state index < -0.39 is 23.1 Å². The molecule has 0 radical (unpaired) electrons. The number of hydrogen-bond acceptors (Lipinski definition) is 6. The van der Waals surface area contributed by atoms with Gasteiger partial charge < -0.3 is 24.4 Å². The Morgan fingerprint density at radius 3 is 2.60 bits per heavy atom. The number of carbonyl (C=O) groups excluding carboxylic acids is 1. The number of aliphatic hydroxyl groups is 2. The lowest BCUT2D eigenvalue weighted by molar-refractivity contribution is -0.224. The smallest absolute Gasteiger partial charge is 0.303 e. The molecule has 0 aromatic heterocycles. The van der Waals surface area contributed by atoms with Gasteiger partial charge in [0.1, 0.15) is 5.60 Å². The number of allylic oxidation sites excluding steroid dienone is 1. The lowest BCUT2D eigenvalue weighted by Gasteiger charge is -2.58. The van der Waals surface area contributed by atoms with Crippen LogP contribution in [-0.2, 0) is 19.0 Å². The maximum absolute atomic E-state index is 12.0. The van der Waals surface area contributed by atoms with Gasteiger partial charge in [0.05, 0.1) is 24.9 Å². The fourth-order valence-electron chi connectivity index (χ4n) is 8.09. The zero-order chi connectivity index (χ0) is 21.4. The van der Waals surface area contributed by atoms with Crippen molar-refractivity contribution >= 4 is 5.97 Å². The van der Waals surface area contributed by atoms with E-state index in [1.54, 1.807) is 6.92 Å². The van der Waals surface area contributed by atoms with Crippen LogP contribution in [0.4, 0.5) is 0 Å². The van der Waals surface area contributed by atoms with Crippen LogP contribution in [0.1, 0.15) is 72.1 Å². The zero-order valence-electron chi connectivity index (χ0n) is 18.5. The van der Waals surface area contributed by atoms with Gasteiger partial charge in [-0.3, -0.25) is 4.79 Å². The van der Waals surface area contributed by atoms with Crippen molar-refractivity contribution in [2.24, 2.45) is 23.2 Å². The van der Waals surface area contributed by atoms with E-state index in [1.807, 2.05) is 0 Å². The van der Waals surface area contributed by atoms with Gasteiger partial charge in [0.25, 0.3) is 0 Å². The van der Waals surface area contributed by atoms with Crippen LogP contribution in [0.15, 0.2) is 11.6 Å². The van der Waals surface area contributed by atoms with Crippen molar-refractivity contribution in [1.82, 2.24) is 0 Å². The minimum absolute atomic E-state index is 0.160. The molecule has 5 unspecified atom stereocenters. The van der Waals surface area contributed by atoms with Crippen LogP contribution in [0, 0.1) is 23.2 Å². The highest BCUT2D eigenvalue weighted by Gasteiger charge is 2.67. The molecule has 6 nitrogen and oxygen atoms in total. The topological polar surface area (TPSA) is 85.2 Å². The number of rotatable bonds is 2. The molecule has 0 bridgehead atoms. The van der Waals surface area contributed by atoms with Gasteiger partial charge in [-0.1, -0.05) is 13.0 Å². The van der Waals surface area contributed by atoms with Crippen LogP contribution >= 0.6 is 0 Å². The van der Waals surface area contributed by atoms with E-state index in [0.717, 1.165) is 38.5 Å². The summed E-state index contributed by atoms with van der Waals surface area (Å²) in [5.41, 5.74) is -0.772. The lowest BCUT2D eigenvalue weighted by Crippen LogP contribution is -2.60. The lowest BCUT2D eigenvalue weighted by atomic mass is 9.51. The van der Waals surface area contributed by atoms with E-state index in [-0.39, 0.29) is 23.2 Å². The predicted octanol–water partition coefficient (Wildman–Crippen LogP) is 3.10. The van der Waals surface area contributed by atoms with Gasteiger partial charge in [-0.2, -0.15) is 0 Å². The molecule has 7 atom stereocenters. The molecule has 1 aliphatic heterocycles. The van der Waals surface area contributed by atoms with E-state index in [9.17, 15) is 15.0 Å². The zero-order valence-corrected chi connectivity index (χ0v) is 18.5. The normalized spacial score (nSPS) is 47.8. The van der Waals surface area contributed by atoms with Crippen molar-refractivity contribution in [1.29, 1.82) is 0 Å². The summed E-state index contributed by atoms with van der Waals surface area (Å²) < 4.78 is 17.8. The molecular weight excluding hydrogens is 384 g/mol. The van der Waals surface area contributed by atoms with Crippen LogP contribution in [0.2, 0.25) is 0 Å². The molecule has 1 saturated heterocycles. The van der Waals surface area contributed by atoms with Crippen molar-refractivity contribution in [3.63, 3.8) is 0 Å². The van der Waals surface area contributed by atoms with E-state index in [1.165, 1.54) is 12.5 Å². The van der Waals surface area contributed by atoms with Gasteiger partial charge in [0, 0.05) is 25.2 Å². The number of aliphatic hydroxyl groups excluding tert-OH is 1. The molecule has 2 N–H and O–H groups in total. The molecule has 3 saturated carbocycles. The van der Waals surface area contributed by atoms with Gasteiger partial charge in [-0.25, -0.2) is 0 Å². The number of carbonyl (C=O) groups is 1. The maximum atomic E-state index is 12.0. The van der Waals surface area contributed by atoms with Crippen molar-refractivity contribution < 1.29 is 29.2 Å². The minimum Gasteiger partial charge on any atom is -0.456 e. The Morgan fingerprint density at radius 1 is 1.20 bits per heavy atom. The highest BCUT2D eigenvalue weighted by atomic mass is 16.7. The highest BCUT2D eigenvalue weighted by molar-refractivity contribution is 5.67. The average Bonchev–Trinajstić information content (AvgIpc) is 3.25. The first kappa shape index (κ1) is 20.9. The Hall–Kier alpha value is -0.950. The number of ether oxygens (including phenoxy) is 3. The summed E-state index contributed by atoms with van der Waals surface area (Å²) in [5.74, 6) is -0.0824. The number of hydrogen-bond donors (Lipinski definition) is 2. The average molecular weight is 421 g/mol. The molecule has 30 heavy (non-hydrogen) atoms. The third kappa shape index (κ3) is 2.66.